The molecule has 28 heavy (non-hydrogen) atoms. The number of hydrogen-bond acceptors (Lipinski definition) is 5. The minimum Gasteiger partial charge on any atom is -0.338 e. The number of thiazole rings is 1. The van der Waals surface area contributed by atoms with E-state index in [9.17, 15) is 13.2 Å². The smallest absolute Gasteiger partial charge is 0.265 e. The molecule has 8 heteroatoms. The van der Waals surface area contributed by atoms with E-state index in [1.807, 2.05) is 42.2 Å². The Labute approximate surface area is 171 Å². The van der Waals surface area contributed by atoms with Crippen LogP contribution >= 0.6 is 11.3 Å². The van der Waals surface area contributed by atoms with Gasteiger partial charge in [-0.3, -0.25) is 4.79 Å². The van der Waals surface area contributed by atoms with Crippen LogP contribution in [0.15, 0.2) is 30.3 Å². The second-order valence-electron chi connectivity index (χ2n) is 7.50. The van der Waals surface area contributed by atoms with Crippen LogP contribution in [0.4, 0.5) is 0 Å². The van der Waals surface area contributed by atoms with E-state index in [0.717, 1.165) is 29.1 Å². The van der Waals surface area contributed by atoms with E-state index < -0.39 is 15.3 Å². The normalized spacial score (nSPS) is 17.9. The van der Waals surface area contributed by atoms with Gasteiger partial charge in [0.1, 0.15) is 9.88 Å². The van der Waals surface area contributed by atoms with E-state index in [1.54, 1.807) is 13.8 Å². The molecule has 1 fully saturated rings. The Kier molecular flexibility index (Phi) is 6.52. The Balaban J connectivity index is 1.68. The maximum Gasteiger partial charge on any atom is 0.265 e. The number of likely N-dealkylation sites (tertiary alicyclic amines) is 1. The average molecular weight is 422 g/mol. The SMILES string of the molecule is Cc1nc(-c2ccccc2)sc1C(=O)N1CCCC(CNS(=O)(=O)C(C)C)C1. The molecule has 1 aliphatic rings. The van der Waals surface area contributed by atoms with Crippen molar-refractivity contribution >= 4 is 27.3 Å². The number of aryl methyl sites for hydroxylation is 1. The summed E-state index contributed by atoms with van der Waals surface area (Å²) >= 11 is 1.42. The molecule has 0 aliphatic carbocycles. The molecule has 1 amide bonds. The summed E-state index contributed by atoms with van der Waals surface area (Å²) in [5.41, 5.74) is 1.76. The van der Waals surface area contributed by atoms with Crippen molar-refractivity contribution in [2.75, 3.05) is 19.6 Å². The Hall–Kier alpha value is -1.77. The van der Waals surface area contributed by atoms with E-state index in [0.29, 0.717) is 24.5 Å². The Bertz CT molecular complexity index is 923. The van der Waals surface area contributed by atoms with E-state index in [4.69, 9.17) is 0 Å². The maximum atomic E-state index is 13.1. The fourth-order valence-electron chi connectivity index (χ4n) is 3.26. The van der Waals surface area contributed by atoms with Gasteiger partial charge in [-0.15, -0.1) is 11.3 Å². The number of sulfonamides is 1. The molecule has 1 N–H and O–H groups in total. The molecule has 1 aliphatic heterocycles. The first kappa shape index (κ1) is 21.0. The molecule has 6 nitrogen and oxygen atoms in total. The maximum absolute atomic E-state index is 13.1. The predicted octanol–water partition coefficient (Wildman–Crippen LogP) is 3.30. The highest BCUT2D eigenvalue weighted by Gasteiger charge is 2.28. The third kappa shape index (κ3) is 4.79. The number of nitrogens with one attached hydrogen (secondary N) is 1. The summed E-state index contributed by atoms with van der Waals surface area (Å²) in [5, 5.41) is 0.393. The molecule has 2 aromatic rings. The number of piperidine rings is 1. The zero-order valence-corrected chi connectivity index (χ0v) is 18.1. The van der Waals surface area contributed by atoms with Crippen LogP contribution in [0, 0.1) is 12.8 Å². The lowest BCUT2D eigenvalue weighted by Crippen LogP contribution is -2.44. The van der Waals surface area contributed by atoms with Gasteiger partial charge in [0.25, 0.3) is 5.91 Å². The zero-order chi connectivity index (χ0) is 20.3. The van der Waals surface area contributed by atoms with Gasteiger partial charge in [-0.05, 0) is 39.5 Å². The molecule has 0 saturated carbocycles. The first-order valence-corrected chi connectivity index (χ1v) is 11.9. The van der Waals surface area contributed by atoms with Crippen LogP contribution in [0.25, 0.3) is 10.6 Å². The Morgan fingerprint density at radius 1 is 1.32 bits per heavy atom. The van der Waals surface area contributed by atoms with Crippen LogP contribution in [-0.4, -0.2) is 49.1 Å². The topological polar surface area (TPSA) is 79.4 Å². The van der Waals surface area contributed by atoms with Crippen LogP contribution in [0.3, 0.4) is 0 Å². The van der Waals surface area contributed by atoms with Gasteiger partial charge in [-0.1, -0.05) is 30.3 Å². The minimum atomic E-state index is -3.28. The van der Waals surface area contributed by atoms with Gasteiger partial charge >= 0.3 is 0 Å². The van der Waals surface area contributed by atoms with Gasteiger partial charge in [-0.2, -0.15) is 0 Å². The average Bonchev–Trinajstić information content (AvgIpc) is 3.08. The van der Waals surface area contributed by atoms with Gasteiger partial charge in [0.05, 0.1) is 10.9 Å². The van der Waals surface area contributed by atoms with Gasteiger partial charge in [0.2, 0.25) is 10.0 Å². The van der Waals surface area contributed by atoms with Crippen molar-refractivity contribution < 1.29 is 13.2 Å². The number of amides is 1. The molecule has 0 radical (unpaired) electrons. The van der Waals surface area contributed by atoms with Crippen LogP contribution in [-0.2, 0) is 10.0 Å². The van der Waals surface area contributed by atoms with Crippen LogP contribution in [0.1, 0.15) is 42.1 Å². The third-order valence-corrected chi connectivity index (χ3v) is 8.02. The lowest BCUT2D eigenvalue weighted by molar-refractivity contribution is 0.0680. The van der Waals surface area contributed by atoms with Crippen LogP contribution in [0.5, 0.6) is 0 Å². The zero-order valence-electron chi connectivity index (χ0n) is 16.5. The van der Waals surface area contributed by atoms with Crippen molar-refractivity contribution in [1.29, 1.82) is 0 Å². The van der Waals surface area contributed by atoms with Crippen molar-refractivity contribution in [2.45, 2.75) is 38.9 Å². The number of hydrogen-bond donors (Lipinski definition) is 1. The molecule has 1 saturated heterocycles. The van der Waals surface area contributed by atoms with Crippen molar-refractivity contribution in [1.82, 2.24) is 14.6 Å². The number of nitrogens with zero attached hydrogens (tertiary/aromatic N) is 2. The molecule has 1 atom stereocenters. The van der Waals surface area contributed by atoms with Gasteiger partial charge in [-0.25, -0.2) is 18.1 Å². The molecular weight excluding hydrogens is 394 g/mol. The number of carbonyl (C=O) groups excluding carboxylic acids is 1. The summed E-state index contributed by atoms with van der Waals surface area (Å²) in [7, 11) is -3.28. The fourth-order valence-corrected chi connectivity index (χ4v) is 5.10. The molecule has 0 bridgehead atoms. The fraction of sp³-hybridized carbons (Fsp3) is 0.500. The lowest BCUT2D eigenvalue weighted by atomic mass is 9.98. The summed E-state index contributed by atoms with van der Waals surface area (Å²) in [5.74, 6) is 0.127. The monoisotopic (exact) mass is 421 g/mol. The van der Waals surface area contributed by atoms with Crippen molar-refractivity contribution in [3.05, 3.63) is 40.9 Å². The minimum absolute atomic E-state index is 0.00593. The molecule has 0 spiro atoms. The van der Waals surface area contributed by atoms with Gasteiger partial charge in [0.15, 0.2) is 0 Å². The molecule has 152 valence electrons. The quantitative estimate of drug-likeness (QED) is 0.776. The van der Waals surface area contributed by atoms with Crippen molar-refractivity contribution in [3.63, 3.8) is 0 Å². The standard InChI is InChI=1S/C20H27N3O3S2/c1-14(2)28(25,26)21-12-16-8-7-11-23(13-16)20(24)18-15(3)22-19(27-18)17-9-5-4-6-10-17/h4-6,9-10,14,16,21H,7-8,11-13H2,1-3H3. The lowest BCUT2D eigenvalue weighted by Gasteiger charge is -2.32. The highest BCUT2D eigenvalue weighted by molar-refractivity contribution is 7.90. The van der Waals surface area contributed by atoms with E-state index in [1.165, 1.54) is 11.3 Å². The van der Waals surface area contributed by atoms with E-state index in [2.05, 4.69) is 9.71 Å². The third-order valence-electron chi connectivity index (χ3n) is 5.01. The van der Waals surface area contributed by atoms with E-state index >= 15 is 0 Å². The Morgan fingerprint density at radius 3 is 2.71 bits per heavy atom. The second kappa shape index (κ2) is 8.71. The van der Waals surface area contributed by atoms with E-state index in [-0.39, 0.29) is 11.8 Å². The molecule has 1 unspecified atom stereocenters. The van der Waals surface area contributed by atoms with Crippen LogP contribution < -0.4 is 4.72 Å². The van der Waals surface area contributed by atoms with Gasteiger partial charge < -0.3 is 4.90 Å². The number of benzene rings is 1. The molecule has 3 rings (SSSR count). The summed E-state index contributed by atoms with van der Waals surface area (Å²) in [4.78, 5) is 20.2. The molecule has 1 aromatic carbocycles. The van der Waals surface area contributed by atoms with Gasteiger partial charge in [0, 0.05) is 25.2 Å². The first-order chi connectivity index (χ1) is 13.3. The predicted molar refractivity (Wildman–Crippen MR) is 113 cm³/mol. The summed E-state index contributed by atoms with van der Waals surface area (Å²) in [6, 6.07) is 9.86. The number of carbonyl (C=O) groups is 1. The Morgan fingerprint density at radius 2 is 2.04 bits per heavy atom. The number of aromatic nitrogens is 1. The molecule has 1 aromatic heterocycles. The summed E-state index contributed by atoms with van der Waals surface area (Å²) in [6.07, 6.45) is 1.80. The second-order valence-corrected chi connectivity index (χ2v) is 10.8. The first-order valence-electron chi connectivity index (χ1n) is 9.58. The van der Waals surface area contributed by atoms with Crippen LogP contribution in [0.2, 0.25) is 0 Å². The summed E-state index contributed by atoms with van der Waals surface area (Å²) < 4.78 is 26.7. The highest BCUT2D eigenvalue weighted by atomic mass is 32.2. The summed E-state index contributed by atoms with van der Waals surface area (Å²) in [6.45, 7) is 6.84. The number of rotatable bonds is 6. The van der Waals surface area contributed by atoms with Crippen molar-refractivity contribution in [3.8, 4) is 10.6 Å². The highest BCUT2D eigenvalue weighted by Crippen LogP contribution is 2.29. The largest absolute Gasteiger partial charge is 0.338 e. The van der Waals surface area contributed by atoms with Crippen molar-refractivity contribution in [2.24, 2.45) is 5.92 Å². The molecule has 2 heterocycles. The molecular formula is C20H27N3O3S2.